The monoisotopic (exact) mass is 828 g/mol. The molecule has 57 heavy (non-hydrogen) atoms. The van der Waals surface area contributed by atoms with E-state index in [1.54, 1.807) is 53.4 Å². The molecule has 1 saturated carbocycles. The van der Waals surface area contributed by atoms with E-state index in [1.165, 1.54) is 0 Å². The number of para-hydroxylation sites is 2. The normalized spacial score (nSPS) is 20.7. The molecule has 2 aliphatic rings. The largest absolute Gasteiger partial charge is 0.513 e. The van der Waals surface area contributed by atoms with Crippen molar-refractivity contribution in [3.63, 3.8) is 0 Å². The van der Waals surface area contributed by atoms with Crippen LogP contribution in [0.4, 0.5) is 0 Å². The number of likely N-dealkylation sites (tertiary alicyclic amines) is 1. The van der Waals surface area contributed by atoms with Crippen molar-refractivity contribution in [2.24, 2.45) is 11.6 Å². The molecule has 1 saturated heterocycles. The van der Waals surface area contributed by atoms with Crippen LogP contribution in [0.5, 0.6) is 11.5 Å². The van der Waals surface area contributed by atoms with Crippen LogP contribution in [0.25, 0.3) is 0 Å². The van der Waals surface area contributed by atoms with Gasteiger partial charge < -0.3 is 25.8 Å². The van der Waals surface area contributed by atoms with Gasteiger partial charge in [-0.3, -0.25) is 18.6 Å². The van der Waals surface area contributed by atoms with Crippen LogP contribution in [-0.4, -0.2) is 89.9 Å². The molecule has 7 unspecified atom stereocenters. The zero-order valence-corrected chi connectivity index (χ0v) is 34.7. The summed E-state index contributed by atoms with van der Waals surface area (Å²) in [4.78, 5) is 42.3. The van der Waals surface area contributed by atoms with E-state index in [9.17, 15) is 28.0 Å². The quantitative estimate of drug-likeness (QED) is 0.0472. The van der Waals surface area contributed by atoms with Crippen LogP contribution in [0.1, 0.15) is 76.7 Å². The average Bonchev–Trinajstić information content (AvgIpc) is 3.61. The zero-order chi connectivity index (χ0) is 41.5. The smallest absolute Gasteiger partial charge is 0.377 e. The van der Waals surface area contributed by atoms with Gasteiger partial charge in [-0.15, -0.1) is 0 Å². The van der Waals surface area contributed by atoms with Crippen LogP contribution < -0.4 is 25.4 Å². The van der Waals surface area contributed by atoms with Gasteiger partial charge in [0.2, 0.25) is 17.6 Å². The number of aliphatic hydroxyl groups is 1. The summed E-state index contributed by atoms with van der Waals surface area (Å²) in [6.07, 6.45) is 5.24. The lowest BCUT2D eigenvalue weighted by Crippen LogP contribution is -2.60. The van der Waals surface area contributed by atoms with Crippen LogP contribution >= 0.6 is 7.94 Å². The molecule has 1 aliphatic heterocycles. The molecule has 1 heterocycles. The van der Waals surface area contributed by atoms with Crippen molar-refractivity contribution in [2.45, 2.75) is 114 Å². The van der Waals surface area contributed by atoms with Crippen molar-refractivity contribution < 1.29 is 43.2 Å². The molecule has 0 spiro atoms. The topological polar surface area (TPSA) is 190 Å². The van der Waals surface area contributed by atoms with Gasteiger partial charge in [-0.25, -0.2) is 13.7 Å². The first kappa shape index (κ1) is 43.0. The Morgan fingerprint density at radius 1 is 0.947 bits per heavy atom. The molecule has 5 rings (SSSR count). The Bertz CT molecular complexity index is 1780. The highest BCUT2D eigenvalue weighted by molar-refractivity contribution is 7.90. The van der Waals surface area contributed by atoms with Crippen LogP contribution in [0.3, 0.4) is 0 Å². The van der Waals surface area contributed by atoms with Crippen LogP contribution in [0.2, 0.25) is 1.41 Å². The SMILES string of the molecule is [2H]NC(CCCCOCc1ccccc1)C(=O)NC(CCS(C)(=O)=O)C(=O)N1C2CCCCC2CC1C(O)NC(CC)[P+](O)(Oc1ccccc1)Oc1ccccc1. The molecule has 0 radical (unpaired) electrons. The highest BCUT2D eigenvalue weighted by atomic mass is 32.2. The predicted octanol–water partition coefficient (Wildman–Crippen LogP) is 5.34. The number of hydrogen-bond acceptors (Lipinski definition) is 11. The summed E-state index contributed by atoms with van der Waals surface area (Å²) >= 11 is 0. The number of aliphatic hydroxyl groups excluding tert-OH is 1. The first-order valence-electron chi connectivity index (χ1n) is 20.5. The second-order valence-electron chi connectivity index (χ2n) is 15.1. The number of nitrogens with zero attached hydrogens (tertiary/aromatic N) is 1. The minimum Gasteiger partial charge on any atom is -0.377 e. The van der Waals surface area contributed by atoms with Crippen LogP contribution in [0.15, 0.2) is 91.0 Å². The van der Waals surface area contributed by atoms with Gasteiger partial charge in [-0.1, -0.05) is 86.5 Å². The Kier molecular flexibility index (Phi) is 16.1. The first-order chi connectivity index (χ1) is 27.9. The van der Waals surface area contributed by atoms with Crippen molar-refractivity contribution in [3.8, 4) is 11.5 Å². The van der Waals surface area contributed by atoms with Crippen molar-refractivity contribution >= 4 is 29.6 Å². The van der Waals surface area contributed by atoms with Crippen LogP contribution in [-0.2, 0) is 30.8 Å². The molecular weight excluding hydrogens is 768 g/mol. The lowest BCUT2D eigenvalue weighted by Gasteiger charge is -2.38. The molecule has 7 atom stereocenters. The maximum absolute atomic E-state index is 14.8. The third-order valence-electron chi connectivity index (χ3n) is 10.7. The summed E-state index contributed by atoms with van der Waals surface area (Å²) in [5.74, 6) is -1.48. The number of amides is 2. The van der Waals surface area contributed by atoms with E-state index in [2.05, 4.69) is 16.4 Å². The Labute approximate surface area is 339 Å². The first-order valence-corrected chi connectivity index (χ1v) is 23.8. The summed E-state index contributed by atoms with van der Waals surface area (Å²) in [5.41, 5.74) is 3.37. The van der Waals surface area contributed by atoms with Gasteiger partial charge >= 0.3 is 7.94 Å². The Morgan fingerprint density at radius 3 is 2.16 bits per heavy atom. The van der Waals surface area contributed by atoms with Crippen molar-refractivity contribution in [2.75, 3.05) is 18.6 Å². The number of carbonyl (C=O) groups is 2. The Morgan fingerprint density at radius 2 is 1.56 bits per heavy atom. The Hall–Kier alpha value is -3.62. The number of sulfone groups is 1. The van der Waals surface area contributed by atoms with Gasteiger partial charge in [0.25, 0.3) is 0 Å². The fourth-order valence-corrected chi connectivity index (χ4v) is 10.4. The minimum absolute atomic E-state index is 0.0760. The average molecular weight is 829 g/mol. The lowest BCUT2D eigenvalue weighted by molar-refractivity contribution is -0.142. The molecule has 0 aromatic heterocycles. The van der Waals surface area contributed by atoms with Gasteiger partial charge in [-0.05, 0) is 80.7 Å². The highest BCUT2D eigenvalue weighted by Crippen LogP contribution is 2.60. The molecular formula is C42H60N4O9PS+. The van der Waals surface area contributed by atoms with Crippen molar-refractivity contribution in [1.82, 2.24) is 15.5 Å². The number of benzene rings is 3. The number of fused-ring (bicyclic) bond motifs is 1. The Balaban J connectivity index is 1.31. The van der Waals surface area contributed by atoms with E-state index in [1.807, 2.05) is 49.4 Å². The van der Waals surface area contributed by atoms with E-state index in [0.29, 0.717) is 63.2 Å². The molecule has 15 heteroatoms. The second-order valence-corrected chi connectivity index (χ2v) is 19.5. The van der Waals surface area contributed by atoms with Gasteiger partial charge in [0.15, 0.2) is 11.5 Å². The molecule has 3 aromatic carbocycles. The van der Waals surface area contributed by atoms with E-state index in [-0.39, 0.29) is 24.1 Å². The molecule has 312 valence electrons. The van der Waals surface area contributed by atoms with Crippen molar-refractivity contribution in [1.29, 1.82) is 0 Å². The highest BCUT2D eigenvalue weighted by Gasteiger charge is 2.56. The fraction of sp³-hybridized carbons (Fsp3) is 0.524. The third kappa shape index (κ3) is 13.2. The van der Waals surface area contributed by atoms with E-state index < -0.39 is 59.7 Å². The number of unbranched alkanes of at least 4 members (excludes halogenated alkanes) is 1. The van der Waals surface area contributed by atoms with Gasteiger partial charge in [0.1, 0.15) is 23.5 Å². The van der Waals surface area contributed by atoms with E-state index in [4.69, 9.17) is 15.2 Å². The number of rotatable bonds is 23. The second kappa shape index (κ2) is 21.4. The zero-order valence-electron chi connectivity index (χ0n) is 33.9. The standard InChI is InChI=1S/C42H59N4O9PS/c1-3-39(56(50,54-33-20-9-5-10-21-33)55-34-22-11-6-12-23-34)45-41(48)38-29-32-19-13-14-25-37(32)46(38)42(49)36(26-28-57(2,51)52)44-40(47)35(43)24-15-16-27-53-30-31-17-7-4-8-18-31/h4-12,17-18,20-23,32,35-39,41,45,48,50H,3,13-16,19,24-30,43H2,1-2H3/p+1/i/hD. The van der Waals surface area contributed by atoms with Gasteiger partial charge in [0.05, 0.1) is 24.4 Å². The van der Waals surface area contributed by atoms with Crippen molar-refractivity contribution in [3.05, 3.63) is 96.6 Å². The summed E-state index contributed by atoms with van der Waals surface area (Å²) < 4.78 is 50.9. The number of nitrogens with one attached hydrogen (secondary N) is 2. The van der Waals surface area contributed by atoms with E-state index in [0.717, 1.165) is 31.1 Å². The fourth-order valence-electron chi connectivity index (χ4n) is 7.76. The third-order valence-corrected chi connectivity index (χ3v) is 13.9. The lowest BCUT2D eigenvalue weighted by atomic mass is 9.84. The summed E-state index contributed by atoms with van der Waals surface area (Å²) in [7, 11) is -7.36. The molecule has 3 aromatic rings. The number of hydrogen-bond donors (Lipinski definition) is 5. The summed E-state index contributed by atoms with van der Waals surface area (Å²) in [6.45, 7) is 2.78. The molecule has 13 nitrogen and oxygen atoms in total. The summed E-state index contributed by atoms with van der Waals surface area (Å²) in [6, 6.07) is 24.2. The summed E-state index contributed by atoms with van der Waals surface area (Å²) in [5, 5.41) is 18.0. The molecule has 6 N–H and O–H groups in total. The maximum atomic E-state index is 14.8. The van der Waals surface area contributed by atoms with E-state index >= 15 is 0 Å². The molecule has 0 bridgehead atoms. The van der Waals surface area contributed by atoms with Gasteiger partial charge in [-0.2, -0.15) is 4.89 Å². The molecule has 2 amide bonds. The predicted molar refractivity (Wildman–Crippen MR) is 222 cm³/mol. The minimum atomic E-state index is -3.84. The number of carbonyl (C=O) groups excluding carboxylic acids is 2. The number of nitrogens with two attached hydrogens (primary N) is 1. The van der Waals surface area contributed by atoms with Gasteiger partial charge in [0, 0.05) is 25.3 Å². The maximum Gasteiger partial charge on any atom is 0.513 e. The van der Waals surface area contributed by atoms with Crippen LogP contribution in [0, 0.1) is 5.92 Å². The molecule has 1 aliphatic carbocycles. The number of ether oxygens (including phenoxy) is 1. The molecule has 2 fully saturated rings.